The van der Waals surface area contributed by atoms with Crippen LogP contribution in [0.15, 0.2) is 53.7 Å². The molecule has 170 valence electrons. The number of aromatic nitrogens is 2. The Hall–Kier alpha value is -3.44. The lowest BCUT2D eigenvalue weighted by atomic mass is 10.0. The Balaban J connectivity index is 2.07. The lowest BCUT2D eigenvalue weighted by molar-refractivity contribution is 0.0936. The van der Waals surface area contributed by atoms with Gasteiger partial charge in [-0.25, -0.2) is 22.5 Å². The molecule has 1 atom stereocenters. The molecule has 0 aliphatic rings. The van der Waals surface area contributed by atoms with Gasteiger partial charge in [-0.05, 0) is 42.9 Å². The molecule has 32 heavy (non-hydrogen) atoms. The van der Waals surface area contributed by atoms with Crippen LogP contribution in [0.5, 0.6) is 11.5 Å². The Morgan fingerprint density at radius 1 is 1.12 bits per heavy atom. The molecular formula is C21H23FN4O5S. The largest absolute Gasteiger partial charge is 0.497 e. The minimum Gasteiger partial charge on any atom is -0.497 e. The van der Waals surface area contributed by atoms with Crippen LogP contribution < -0.4 is 19.5 Å². The summed E-state index contributed by atoms with van der Waals surface area (Å²) in [6.45, 7) is 0. The highest BCUT2D eigenvalue weighted by Gasteiger charge is 2.25. The van der Waals surface area contributed by atoms with Gasteiger partial charge in [0.1, 0.15) is 29.2 Å². The fourth-order valence-corrected chi connectivity index (χ4v) is 3.88. The summed E-state index contributed by atoms with van der Waals surface area (Å²) in [5.41, 5.74) is 0.152. The second kappa shape index (κ2) is 9.37. The van der Waals surface area contributed by atoms with Gasteiger partial charge in [-0.2, -0.15) is 0 Å². The maximum absolute atomic E-state index is 14.5. The van der Waals surface area contributed by atoms with Crippen molar-refractivity contribution in [1.82, 2.24) is 19.6 Å². The summed E-state index contributed by atoms with van der Waals surface area (Å²) >= 11 is 0. The molecule has 1 unspecified atom stereocenters. The van der Waals surface area contributed by atoms with Crippen LogP contribution in [-0.2, 0) is 17.1 Å². The van der Waals surface area contributed by atoms with E-state index in [1.807, 2.05) is 0 Å². The average Bonchev–Trinajstić information content (AvgIpc) is 3.22. The molecule has 2 aromatic carbocycles. The van der Waals surface area contributed by atoms with Crippen LogP contribution in [0.25, 0.3) is 0 Å². The van der Waals surface area contributed by atoms with Crippen molar-refractivity contribution in [2.24, 2.45) is 7.05 Å². The highest BCUT2D eigenvalue weighted by Crippen LogP contribution is 2.30. The normalized spacial score (nSPS) is 12.3. The summed E-state index contributed by atoms with van der Waals surface area (Å²) in [6.07, 6.45) is 3.26. The minimum absolute atomic E-state index is 0.233. The molecule has 0 saturated carbocycles. The zero-order valence-corrected chi connectivity index (χ0v) is 18.7. The molecule has 0 bridgehead atoms. The highest BCUT2D eigenvalue weighted by molar-refractivity contribution is 7.89. The molecule has 3 aromatic rings. The SMILES string of the molecule is CNS(=O)(=O)c1ccc(F)c(C(=O)NC(c2cc(OC)cc(OC)c2)c2nccn2C)c1. The Labute approximate surface area is 185 Å². The zero-order chi connectivity index (χ0) is 23.5. The van der Waals surface area contributed by atoms with Crippen molar-refractivity contribution in [2.75, 3.05) is 21.3 Å². The third-order valence-corrected chi connectivity index (χ3v) is 6.27. The lowest BCUT2D eigenvalue weighted by Crippen LogP contribution is -2.32. The molecule has 9 nitrogen and oxygen atoms in total. The van der Waals surface area contributed by atoms with E-state index in [9.17, 15) is 17.6 Å². The van der Waals surface area contributed by atoms with E-state index in [2.05, 4.69) is 15.0 Å². The van der Waals surface area contributed by atoms with Crippen LogP contribution in [0.3, 0.4) is 0 Å². The Kier molecular flexibility index (Phi) is 6.80. The standard InChI is InChI=1S/C21H23FN4O5S/c1-23-32(28,29)16-5-6-18(22)17(12-16)21(27)25-19(20-24-7-8-26(20)2)13-9-14(30-3)11-15(10-13)31-4/h5-12,19,23H,1-4H3,(H,25,27). The van der Waals surface area contributed by atoms with Crippen molar-refractivity contribution in [2.45, 2.75) is 10.9 Å². The number of carbonyl (C=O) groups is 1. The number of hydrogen-bond donors (Lipinski definition) is 2. The maximum atomic E-state index is 14.5. The van der Waals surface area contributed by atoms with Gasteiger partial charge < -0.3 is 19.4 Å². The van der Waals surface area contributed by atoms with Gasteiger partial charge in [-0.3, -0.25) is 4.79 Å². The first-order valence-corrected chi connectivity index (χ1v) is 10.9. The van der Waals surface area contributed by atoms with E-state index in [-0.39, 0.29) is 4.90 Å². The first kappa shape index (κ1) is 23.2. The monoisotopic (exact) mass is 462 g/mol. The summed E-state index contributed by atoms with van der Waals surface area (Å²) in [5.74, 6) is -0.236. The molecule has 0 radical (unpaired) electrons. The van der Waals surface area contributed by atoms with Gasteiger partial charge in [0.05, 0.1) is 24.7 Å². The molecule has 2 N–H and O–H groups in total. The first-order valence-electron chi connectivity index (χ1n) is 9.44. The quantitative estimate of drug-likeness (QED) is 0.530. The number of sulfonamides is 1. The molecule has 0 fully saturated rings. The second-order valence-corrected chi connectivity index (χ2v) is 8.68. The van der Waals surface area contributed by atoms with Crippen molar-refractivity contribution in [3.63, 3.8) is 0 Å². The second-order valence-electron chi connectivity index (χ2n) is 6.80. The fraction of sp³-hybridized carbons (Fsp3) is 0.238. The third-order valence-electron chi connectivity index (χ3n) is 4.86. The van der Waals surface area contributed by atoms with E-state index in [1.54, 1.807) is 42.2 Å². The number of halogens is 1. The van der Waals surface area contributed by atoms with E-state index < -0.39 is 33.4 Å². The van der Waals surface area contributed by atoms with Gasteiger partial charge >= 0.3 is 0 Å². The van der Waals surface area contributed by atoms with Crippen LogP contribution >= 0.6 is 0 Å². The number of amides is 1. The smallest absolute Gasteiger partial charge is 0.255 e. The summed E-state index contributed by atoms with van der Waals surface area (Å²) in [6, 6.07) is 7.26. The number of rotatable bonds is 8. The molecular weight excluding hydrogens is 439 g/mol. The van der Waals surface area contributed by atoms with Gasteiger partial charge in [-0.1, -0.05) is 0 Å². The topological polar surface area (TPSA) is 112 Å². The predicted molar refractivity (Wildman–Crippen MR) is 115 cm³/mol. The molecule has 11 heteroatoms. The van der Waals surface area contributed by atoms with E-state index in [1.165, 1.54) is 21.3 Å². The predicted octanol–water partition coefficient (Wildman–Crippen LogP) is 2.00. The molecule has 1 heterocycles. The van der Waals surface area contributed by atoms with Crippen LogP contribution in [0.1, 0.15) is 27.8 Å². The fourth-order valence-electron chi connectivity index (χ4n) is 3.12. The van der Waals surface area contributed by atoms with Crippen molar-refractivity contribution < 1.29 is 27.1 Å². The number of imidazole rings is 1. The Bertz CT molecular complexity index is 1220. The lowest BCUT2D eigenvalue weighted by Gasteiger charge is -2.21. The number of ether oxygens (including phenoxy) is 2. The summed E-state index contributed by atoms with van der Waals surface area (Å²) in [7, 11) is 2.10. The molecule has 0 spiro atoms. The van der Waals surface area contributed by atoms with Gasteiger partial charge in [0.15, 0.2) is 0 Å². The van der Waals surface area contributed by atoms with Crippen molar-refractivity contribution >= 4 is 15.9 Å². The van der Waals surface area contributed by atoms with Gasteiger partial charge in [-0.15, -0.1) is 0 Å². The molecule has 0 saturated heterocycles. The number of nitrogens with one attached hydrogen (secondary N) is 2. The summed E-state index contributed by atoms with van der Waals surface area (Å²) < 4.78 is 53.2. The third kappa shape index (κ3) is 4.73. The van der Waals surface area contributed by atoms with Crippen molar-refractivity contribution in [3.05, 3.63) is 71.6 Å². The Morgan fingerprint density at radius 2 is 1.78 bits per heavy atom. The van der Waals surface area contributed by atoms with Crippen molar-refractivity contribution in [3.8, 4) is 11.5 Å². The van der Waals surface area contributed by atoms with Crippen LogP contribution in [0.2, 0.25) is 0 Å². The van der Waals surface area contributed by atoms with E-state index in [0.717, 1.165) is 18.2 Å². The minimum atomic E-state index is -3.87. The van der Waals surface area contributed by atoms with Gasteiger partial charge in [0.2, 0.25) is 10.0 Å². The molecule has 1 aromatic heterocycles. The number of nitrogens with zero attached hydrogens (tertiary/aromatic N) is 2. The number of hydrogen-bond acceptors (Lipinski definition) is 6. The summed E-state index contributed by atoms with van der Waals surface area (Å²) in [4.78, 5) is 17.1. The average molecular weight is 463 g/mol. The number of methoxy groups -OCH3 is 2. The van der Waals surface area contributed by atoms with Crippen LogP contribution in [0, 0.1) is 5.82 Å². The molecule has 0 aliphatic heterocycles. The number of carbonyl (C=O) groups excluding carboxylic acids is 1. The summed E-state index contributed by atoms with van der Waals surface area (Å²) in [5, 5.41) is 2.74. The van der Waals surface area contributed by atoms with E-state index >= 15 is 0 Å². The van der Waals surface area contributed by atoms with Crippen LogP contribution in [-0.4, -0.2) is 45.1 Å². The van der Waals surface area contributed by atoms with E-state index in [0.29, 0.717) is 22.9 Å². The number of benzene rings is 2. The molecule has 1 amide bonds. The van der Waals surface area contributed by atoms with Gasteiger partial charge in [0.25, 0.3) is 5.91 Å². The van der Waals surface area contributed by atoms with E-state index in [4.69, 9.17) is 9.47 Å². The van der Waals surface area contributed by atoms with Gasteiger partial charge in [0, 0.05) is 25.5 Å². The highest BCUT2D eigenvalue weighted by atomic mass is 32.2. The van der Waals surface area contributed by atoms with Crippen molar-refractivity contribution in [1.29, 1.82) is 0 Å². The Morgan fingerprint density at radius 3 is 2.31 bits per heavy atom. The van der Waals surface area contributed by atoms with Crippen LogP contribution in [0.4, 0.5) is 4.39 Å². The first-order chi connectivity index (χ1) is 15.2. The maximum Gasteiger partial charge on any atom is 0.255 e. The number of aryl methyl sites for hydroxylation is 1. The molecule has 3 rings (SSSR count). The molecule has 0 aliphatic carbocycles. The zero-order valence-electron chi connectivity index (χ0n) is 17.9.